The molecule has 1 unspecified atom stereocenters. The summed E-state index contributed by atoms with van der Waals surface area (Å²) in [5.74, 6) is -0.570. The van der Waals surface area contributed by atoms with Gasteiger partial charge in [0.2, 0.25) is 0 Å². The van der Waals surface area contributed by atoms with E-state index in [1.165, 1.54) is 24.3 Å². The third-order valence-corrected chi connectivity index (χ3v) is 9.15. The van der Waals surface area contributed by atoms with Gasteiger partial charge in [0.1, 0.15) is 10.7 Å². The molecule has 10 heteroatoms. The van der Waals surface area contributed by atoms with Gasteiger partial charge in [-0.2, -0.15) is 0 Å². The van der Waals surface area contributed by atoms with Crippen molar-refractivity contribution in [1.82, 2.24) is 0 Å². The molecule has 0 spiro atoms. The fourth-order valence-corrected chi connectivity index (χ4v) is 7.41. The molecule has 0 saturated heterocycles. The number of hydrogen-bond acceptors (Lipinski definition) is 4. The van der Waals surface area contributed by atoms with E-state index in [2.05, 4.69) is 10.6 Å². The van der Waals surface area contributed by atoms with Gasteiger partial charge in [-0.25, -0.2) is 17.6 Å². The summed E-state index contributed by atoms with van der Waals surface area (Å²) in [7, 11) is -3.90. The van der Waals surface area contributed by atoms with Crippen molar-refractivity contribution in [2.45, 2.75) is 42.2 Å². The number of urea groups is 1. The van der Waals surface area contributed by atoms with Crippen molar-refractivity contribution < 1.29 is 22.7 Å². The maximum atomic E-state index is 13.6. The second-order valence-electron chi connectivity index (χ2n) is 8.14. The van der Waals surface area contributed by atoms with E-state index < -0.39 is 32.7 Å². The lowest BCUT2D eigenvalue weighted by atomic mass is 9.89. The Morgan fingerprint density at radius 3 is 2.32 bits per heavy atom. The lowest BCUT2D eigenvalue weighted by Gasteiger charge is -2.28. The van der Waals surface area contributed by atoms with E-state index in [1.54, 1.807) is 0 Å². The Balaban J connectivity index is 1.59. The summed E-state index contributed by atoms with van der Waals surface area (Å²) >= 11 is 12.0. The van der Waals surface area contributed by atoms with Gasteiger partial charge in [-0.05, 0) is 55.4 Å². The van der Waals surface area contributed by atoms with Crippen LogP contribution in [0.3, 0.4) is 0 Å². The molecule has 6 nitrogen and oxygen atoms in total. The van der Waals surface area contributed by atoms with Crippen LogP contribution in [0.1, 0.15) is 32.1 Å². The molecule has 2 aromatic carbocycles. The Morgan fingerprint density at radius 1 is 1.00 bits per heavy atom. The third kappa shape index (κ3) is 4.33. The van der Waals surface area contributed by atoms with Gasteiger partial charge in [0, 0.05) is 0 Å². The zero-order valence-electron chi connectivity index (χ0n) is 16.4. The molecule has 166 valence electrons. The van der Waals surface area contributed by atoms with Crippen LogP contribution in [-0.2, 0) is 9.84 Å². The van der Waals surface area contributed by atoms with Gasteiger partial charge in [-0.3, -0.25) is 0 Å². The number of fused-ring (bicyclic) bond motifs is 2. The van der Waals surface area contributed by atoms with Gasteiger partial charge in [0.05, 0.1) is 26.7 Å². The quantitative estimate of drug-likeness (QED) is 0.473. The topological polar surface area (TPSA) is 95.5 Å². The largest absolute Gasteiger partial charge is 0.504 e. The van der Waals surface area contributed by atoms with Crippen molar-refractivity contribution >= 4 is 50.4 Å². The molecular weight excluding hydrogens is 466 g/mol. The number of anilines is 2. The number of halogens is 3. The Morgan fingerprint density at radius 2 is 1.65 bits per heavy atom. The standard InChI is InChI=1S/C21H21Cl2FN2O4S/c22-14-6-7-17(26-21(28)25-16-3-1-2-15(24)18(16)23)19(27)20(14)31(29,30)13-9-11-4-5-12(8-11)10-13/h1-3,6-7,11-13,27H,4-5,8-10H2,(H2,25,26,28)/t11-,12+,13?. The van der Waals surface area contributed by atoms with Gasteiger partial charge in [-0.1, -0.05) is 42.1 Å². The summed E-state index contributed by atoms with van der Waals surface area (Å²) in [4.78, 5) is 12.0. The lowest BCUT2D eigenvalue weighted by molar-refractivity contribution is 0.262. The lowest BCUT2D eigenvalue weighted by Crippen LogP contribution is -2.29. The molecule has 2 aromatic rings. The van der Waals surface area contributed by atoms with Gasteiger partial charge in [0.15, 0.2) is 15.6 Å². The van der Waals surface area contributed by atoms with Crippen LogP contribution in [-0.4, -0.2) is 24.8 Å². The fraction of sp³-hybridized carbons (Fsp3) is 0.381. The highest BCUT2D eigenvalue weighted by atomic mass is 35.5. The van der Waals surface area contributed by atoms with Gasteiger partial charge in [0.25, 0.3) is 0 Å². The van der Waals surface area contributed by atoms with Crippen molar-refractivity contribution in [3.63, 3.8) is 0 Å². The number of carbonyl (C=O) groups excluding carboxylic acids is 1. The molecule has 2 saturated carbocycles. The number of benzene rings is 2. The first-order valence-electron chi connectivity index (χ1n) is 9.94. The van der Waals surface area contributed by atoms with Crippen LogP contribution in [0.4, 0.5) is 20.6 Å². The molecule has 0 radical (unpaired) electrons. The van der Waals surface area contributed by atoms with Crippen molar-refractivity contribution in [2.75, 3.05) is 10.6 Å². The Kier molecular flexibility index (Phi) is 6.07. The maximum absolute atomic E-state index is 13.6. The zero-order valence-corrected chi connectivity index (χ0v) is 18.7. The molecule has 2 aliphatic rings. The van der Waals surface area contributed by atoms with E-state index in [4.69, 9.17) is 23.2 Å². The molecule has 2 amide bonds. The van der Waals surface area contributed by atoms with Crippen molar-refractivity contribution in [3.05, 3.63) is 46.2 Å². The van der Waals surface area contributed by atoms with E-state index >= 15 is 0 Å². The maximum Gasteiger partial charge on any atom is 0.323 e. The van der Waals surface area contributed by atoms with E-state index in [0.29, 0.717) is 24.7 Å². The minimum absolute atomic E-state index is 0.0261. The molecule has 3 atom stereocenters. The first kappa shape index (κ1) is 22.2. The van der Waals surface area contributed by atoms with Crippen molar-refractivity contribution in [2.24, 2.45) is 11.8 Å². The van der Waals surface area contributed by atoms with Crippen LogP contribution in [0.15, 0.2) is 35.2 Å². The molecule has 2 bridgehead atoms. The Bertz CT molecular complexity index is 1130. The van der Waals surface area contributed by atoms with Crippen molar-refractivity contribution in [3.8, 4) is 5.75 Å². The van der Waals surface area contributed by atoms with E-state index in [-0.39, 0.29) is 26.3 Å². The molecule has 4 rings (SSSR count). The van der Waals surface area contributed by atoms with Gasteiger partial charge >= 0.3 is 6.03 Å². The number of hydrogen-bond donors (Lipinski definition) is 3. The van der Waals surface area contributed by atoms with E-state index in [1.807, 2.05) is 0 Å². The monoisotopic (exact) mass is 486 g/mol. The summed E-state index contributed by atoms with van der Waals surface area (Å²) in [6, 6.07) is 5.71. The number of amides is 2. The summed E-state index contributed by atoms with van der Waals surface area (Å²) in [5.41, 5.74) is -0.107. The second kappa shape index (κ2) is 8.48. The molecule has 0 heterocycles. The SMILES string of the molecule is O=C(Nc1ccc(Cl)c(S(=O)(=O)C2C[C@H]3CC[C@@H](C2)C3)c1O)Nc1cccc(F)c1Cl. The fourth-order valence-electron chi connectivity index (χ4n) is 4.66. The number of phenols is 1. The first-order valence-corrected chi connectivity index (χ1v) is 12.2. The highest BCUT2D eigenvalue weighted by molar-refractivity contribution is 7.92. The third-order valence-electron chi connectivity index (χ3n) is 6.10. The summed E-state index contributed by atoms with van der Waals surface area (Å²) in [6.07, 6.45) is 4.20. The van der Waals surface area contributed by atoms with Crippen LogP contribution in [0.5, 0.6) is 5.75 Å². The number of rotatable bonds is 4. The first-order chi connectivity index (χ1) is 14.7. The number of nitrogens with one attached hydrogen (secondary N) is 2. The van der Waals surface area contributed by atoms with Gasteiger partial charge < -0.3 is 15.7 Å². The molecule has 0 aliphatic heterocycles. The minimum Gasteiger partial charge on any atom is -0.504 e. The average molecular weight is 487 g/mol. The van der Waals surface area contributed by atoms with E-state index in [0.717, 1.165) is 25.3 Å². The van der Waals surface area contributed by atoms with Crippen LogP contribution >= 0.6 is 23.2 Å². The highest BCUT2D eigenvalue weighted by Crippen LogP contribution is 2.47. The molecule has 31 heavy (non-hydrogen) atoms. The summed E-state index contributed by atoms with van der Waals surface area (Å²) < 4.78 is 40.2. The molecule has 3 N–H and O–H groups in total. The summed E-state index contributed by atoms with van der Waals surface area (Å²) in [6.45, 7) is 0. The number of aromatic hydroxyl groups is 1. The number of sulfone groups is 1. The van der Waals surface area contributed by atoms with Crippen LogP contribution < -0.4 is 10.6 Å². The van der Waals surface area contributed by atoms with E-state index in [9.17, 15) is 22.7 Å². The average Bonchev–Trinajstić information content (AvgIpc) is 3.05. The van der Waals surface area contributed by atoms with Crippen LogP contribution in [0.25, 0.3) is 0 Å². The van der Waals surface area contributed by atoms with Crippen molar-refractivity contribution in [1.29, 1.82) is 0 Å². The number of phenolic OH excluding ortho intramolecular Hbond substituents is 1. The predicted molar refractivity (Wildman–Crippen MR) is 118 cm³/mol. The second-order valence-corrected chi connectivity index (χ2v) is 11.1. The predicted octanol–water partition coefficient (Wildman–Crippen LogP) is 5.83. The molecular formula is C21H21Cl2FN2O4S. The number of carbonyl (C=O) groups is 1. The Hall–Kier alpha value is -2.03. The van der Waals surface area contributed by atoms with Gasteiger partial charge in [-0.15, -0.1) is 0 Å². The Labute approximate surface area is 189 Å². The summed E-state index contributed by atoms with van der Waals surface area (Å²) in [5, 5.41) is 14.5. The normalized spacial score (nSPS) is 22.9. The van der Waals surface area contributed by atoms with Crippen LogP contribution in [0.2, 0.25) is 10.0 Å². The molecule has 2 aliphatic carbocycles. The zero-order chi connectivity index (χ0) is 22.3. The molecule has 0 aromatic heterocycles. The minimum atomic E-state index is -3.90. The highest BCUT2D eigenvalue weighted by Gasteiger charge is 2.42. The molecule has 2 fully saturated rings. The van der Waals surface area contributed by atoms with Crippen LogP contribution in [0, 0.1) is 17.7 Å². The smallest absolute Gasteiger partial charge is 0.323 e.